The van der Waals surface area contributed by atoms with Crippen molar-refractivity contribution < 1.29 is 9.21 Å². The monoisotopic (exact) mass is 462 g/mol. The number of oxazole rings is 1. The van der Waals surface area contributed by atoms with Crippen LogP contribution in [0.3, 0.4) is 0 Å². The van der Waals surface area contributed by atoms with Gasteiger partial charge >= 0.3 is 0 Å². The second-order valence-corrected chi connectivity index (χ2v) is 8.63. The number of piperidine rings is 1. The maximum atomic E-state index is 13.2. The van der Waals surface area contributed by atoms with Crippen molar-refractivity contribution in [2.75, 3.05) is 6.54 Å². The summed E-state index contributed by atoms with van der Waals surface area (Å²) in [5, 5.41) is 6.19. The summed E-state index contributed by atoms with van der Waals surface area (Å²) >= 11 is 6.27. The Bertz CT molecular complexity index is 1360. The summed E-state index contributed by atoms with van der Waals surface area (Å²) in [6.45, 7) is 0.474. The van der Waals surface area contributed by atoms with Crippen LogP contribution in [0.1, 0.15) is 42.5 Å². The maximum absolute atomic E-state index is 13.2. The van der Waals surface area contributed by atoms with Crippen LogP contribution in [0, 0.1) is 0 Å². The van der Waals surface area contributed by atoms with E-state index in [9.17, 15) is 9.59 Å². The highest BCUT2D eigenvalue weighted by Crippen LogP contribution is 2.31. The van der Waals surface area contributed by atoms with Gasteiger partial charge in [0.25, 0.3) is 5.56 Å². The van der Waals surface area contributed by atoms with E-state index in [0.717, 1.165) is 30.2 Å². The van der Waals surface area contributed by atoms with Gasteiger partial charge in [-0.2, -0.15) is 5.10 Å². The zero-order valence-electron chi connectivity index (χ0n) is 18.0. The molecule has 0 bridgehead atoms. The standard InChI is InChI=1S/C25H23ClN4O3/c26-21-10-4-2-7-17(21)13-19-15-27-24(33-19)22-11-5-6-12-29(22)23(31)16-30-25(32)20-9-3-1-8-18(20)14-28-30/h1-4,7-10,14-15,22H,5-6,11-13,16H2. The second kappa shape index (κ2) is 9.19. The summed E-state index contributed by atoms with van der Waals surface area (Å²) in [5.74, 6) is 1.04. The first-order valence-corrected chi connectivity index (χ1v) is 11.4. The molecule has 7 nitrogen and oxygen atoms in total. The van der Waals surface area contributed by atoms with Crippen molar-refractivity contribution >= 4 is 28.3 Å². The molecule has 4 aromatic rings. The lowest BCUT2D eigenvalue weighted by Gasteiger charge is -2.33. The van der Waals surface area contributed by atoms with E-state index in [1.54, 1.807) is 29.4 Å². The number of halogens is 1. The van der Waals surface area contributed by atoms with Crippen LogP contribution >= 0.6 is 11.6 Å². The Labute approximate surface area is 195 Å². The highest BCUT2D eigenvalue weighted by molar-refractivity contribution is 6.31. The summed E-state index contributed by atoms with van der Waals surface area (Å²) in [6.07, 6.45) is 6.49. The largest absolute Gasteiger partial charge is 0.443 e. The van der Waals surface area contributed by atoms with Crippen molar-refractivity contribution in [3.05, 3.63) is 93.5 Å². The molecule has 1 amide bonds. The molecule has 168 valence electrons. The van der Waals surface area contributed by atoms with E-state index in [0.29, 0.717) is 35.0 Å². The number of carbonyl (C=O) groups is 1. The van der Waals surface area contributed by atoms with Crippen LogP contribution in [-0.4, -0.2) is 32.1 Å². The molecule has 3 heterocycles. The van der Waals surface area contributed by atoms with Gasteiger partial charge in [0.05, 0.1) is 17.8 Å². The zero-order chi connectivity index (χ0) is 22.8. The molecule has 1 fully saturated rings. The van der Waals surface area contributed by atoms with Crippen molar-refractivity contribution in [1.29, 1.82) is 0 Å². The molecule has 8 heteroatoms. The zero-order valence-corrected chi connectivity index (χ0v) is 18.7. The quantitative estimate of drug-likeness (QED) is 0.439. The molecule has 0 saturated carbocycles. The SMILES string of the molecule is O=C(Cn1ncc2ccccc2c1=O)N1CCCCC1c1ncc(Cc2ccccc2Cl)o1. The van der Waals surface area contributed by atoms with Gasteiger partial charge in [-0.15, -0.1) is 0 Å². The Morgan fingerprint density at radius 3 is 2.79 bits per heavy atom. The number of fused-ring (bicyclic) bond motifs is 1. The van der Waals surface area contributed by atoms with Crippen molar-refractivity contribution in [2.24, 2.45) is 0 Å². The second-order valence-electron chi connectivity index (χ2n) is 8.23. The van der Waals surface area contributed by atoms with Gasteiger partial charge in [0.1, 0.15) is 18.3 Å². The number of hydrogen-bond donors (Lipinski definition) is 0. The van der Waals surface area contributed by atoms with Crippen LogP contribution in [0.2, 0.25) is 5.02 Å². The van der Waals surface area contributed by atoms with Crippen LogP contribution in [0.25, 0.3) is 10.8 Å². The first kappa shape index (κ1) is 21.4. The average Bonchev–Trinajstić information content (AvgIpc) is 3.31. The van der Waals surface area contributed by atoms with Gasteiger partial charge in [-0.1, -0.05) is 48.0 Å². The summed E-state index contributed by atoms with van der Waals surface area (Å²) in [5.41, 5.74) is 0.688. The smallest absolute Gasteiger partial charge is 0.275 e. The van der Waals surface area contributed by atoms with Crippen LogP contribution in [0.15, 0.2) is 70.1 Å². The van der Waals surface area contributed by atoms with Crippen LogP contribution in [-0.2, 0) is 17.8 Å². The molecule has 1 unspecified atom stereocenters. The van der Waals surface area contributed by atoms with E-state index < -0.39 is 0 Å². The molecule has 5 rings (SSSR count). The van der Waals surface area contributed by atoms with E-state index in [-0.39, 0.29) is 24.1 Å². The molecule has 0 aliphatic carbocycles. The number of rotatable bonds is 5. The molecule has 0 N–H and O–H groups in total. The molecule has 33 heavy (non-hydrogen) atoms. The number of benzene rings is 2. The van der Waals surface area contributed by atoms with E-state index in [4.69, 9.17) is 16.0 Å². The lowest BCUT2D eigenvalue weighted by molar-refractivity contribution is -0.136. The Kier molecular flexibility index (Phi) is 5.96. The molecule has 1 aliphatic heterocycles. The van der Waals surface area contributed by atoms with Gasteiger partial charge in [-0.3, -0.25) is 9.59 Å². The molecular weight excluding hydrogens is 440 g/mol. The lowest BCUT2D eigenvalue weighted by atomic mass is 10.0. The van der Waals surface area contributed by atoms with Gasteiger partial charge in [-0.05, 0) is 37.0 Å². The fourth-order valence-electron chi connectivity index (χ4n) is 4.33. The minimum atomic E-state index is -0.270. The number of likely N-dealkylation sites (tertiary alicyclic amines) is 1. The van der Waals surface area contributed by atoms with Crippen molar-refractivity contribution in [3.63, 3.8) is 0 Å². The van der Waals surface area contributed by atoms with Gasteiger partial charge in [0.2, 0.25) is 11.8 Å². The highest BCUT2D eigenvalue weighted by atomic mass is 35.5. The van der Waals surface area contributed by atoms with E-state index in [1.807, 2.05) is 36.4 Å². The van der Waals surface area contributed by atoms with E-state index in [1.165, 1.54) is 4.68 Å². The molecule has 0 radical (unpaired) electrons. The Morgan fingerprint density at radius 2 is 1.91 bits per heavy atom. The number of carbonyl (C=O) groups excluding carboxylic acids is 1. The number of amides is 1. The third-order valence-electron chi connectivity index (χ3n) is 6.05. The Morgan fingerprint density at radius 1 is 1.09 bits per heavy atom. The van der Waals surface area contributed by atoms with Gasteiger partial charge < -0.3 is 9.32 Å². The van der Waals surface area contributed by atoms with Crippen LogP contribution < -0.4 is 5.56 Å². The maximum Gasteiger partial charge on any atom is 0.275 e. The van der Waals surface area contributed by atoms with Crippen LogP contribution in [0.4, 0.5) is 0 Å². The number of nitrogens with zero attached hydrogens (tertiary/aromatic N) is 4. The topological polar surface area (TPSA) is 81.2 Å². The molecule has 1 saturated heterocycles. The van der Waals surface area contributed by atoms with Crippen LogP contribution in [0.5, 0.6) is 0 Å². The minimum absolute atomic E-state index is 0.118. The first-order chi connectivity index (χ1) is 16.1. The van der Waals surface area contributed by atoms with E-state index >= 15 is 0 Å². The molecule has 2 aromatic carbocycles. The fourth-order valence-corrected chi connectivity index (χ4v) is 4.54. The van der Waals surface area contributed by atoms with Gasteiger partial charge in [0, 0.05) is 23.4 Å². The summed E-state index contributed by atoms with van der Waals surface area (Å²) in [7, 11) is 0. The predicted octanol–water partition coefficient (Wildman–Crippen LogP) is 4.38. The predicted molar refractivity (Wildman–Crippen MR) is 125 cm³/mol. The third-order valence-corrected chi connectivity index (χ3v) is 6.42. The minimum Gasteiger partial charge on any atom is -0.443 e. The first-order valence-electron chi connectivity index (χ1n) is 11.0. The number of aromatic nitrogens is 3. The summed E-state index contributed by atoms with van der Waals surface area (Å²) in [4.78, 5) is 32.2. The normalized spacial score (nSPS) is 16.3. The highest BCUT2D eigenvalue weighted by Gasteiger charge is 2.31. The lowest BCUT2D eigenvalue weighted by Crippen LogP contribution is -2.42. The molecule has 1 aliphatic rings. The van der Waals surface area contributed by atoms with Gasteiger partial charge in [0.15, 0.2) is 0 Å². The third kappa shape index (κ3) is 4.41. The number of hydrogen-bond acceptors (Lipinski definition) is 5. The van der Waals surface area contributed by atoms with Crippen molar-refractivity contribution in [2.45, 2.75) is 38.3 Å². The Hall–Kier alpha value is -3.45. The van der Waals surface area contributed by atoms with Crippen molar-refractivity contribution in [3.8, 4) is 0 Å². The van der Waals surface area contributed by atoms with Crippen molar-refractivity contribution in [1.82, 2.24) is 19.7 Å². The molecule has 2 aromatic heterocycles. The summed E-state index contributed by atoms with van der Waals surface area (Å²) in [6, 6.07) is 14.6. The fraction of sp³-hybridized carbons (Fsp3) is 0.280. The summed E-state index contributed by atoms with van der Waals surface area (Å²) < 4.78 is 7.28. The molecule has 0 spiro atoms. The van der Waals surface area contributed by atoms with Gasteiger partial charge in [-0.25, -0.2) is 9.67 Å². The average molecular weight is 463 g/mol. The molecule has 1 atom stereocenters. The molecular formula is C25H23ClN4O3. The van der Waals surface area contributed by atoms with E-state index in [2.05, 4.69) is 10.1 Å². The Balaban J connectivity index is 1.35.